The molecule has 3 rings (SSSR count). The van der Waals surface area contributed by atoms with Gasteiger partial charge in [-0.15, -0.1) is 0 Å². The van der Waals surface area contributed by atoms with Gasteiger partial charge in [0, 0.05) is 22.9 Å². The number of amides is 1. The molecule has 0 fully saturated rings. The summed E-state index contributed by atoms with van der Waals surface area (Å²) in [6, 6.07) is 13.3. The van der Waals surface area contributed by atoms with Crippen LogP contribution in [0.5, 0.6) is 11.5 Å². The van der Waals surface area contributed by atoms with Crippen molar-refractivity contribution in [3.63, 3.8) is 0 Å². The number of benzene rings is 2. The zero-order chi connectivity index (χ0) is 20.8. The van der Waals surface area contributed by atoms with Gasteiger partial charge in [0.05, 0.1) is 19.8 Å². The molecule has 0 aliphatic carbocycles. The average Bonchev–Trinajstić information content (AvgIpc) is 3.04. The summed E-state index contributed by atoms with van der Waals surface area (Å²) in [7, 11) is 0. The minimum absolute atomic E-state index is 0.284. The SMILES string of the molecule is CCOc1ccc(C(=O)Nc2cc(C)n(Cc3ccccc3F)n2)cc1OCC. The second-order valence-electron chi connectivity index (χ2n) is 6.40. The monoisotopic (exact) mass is 397 g/mol. The number of hydrogen-bond acceptors (Lipinski definition) is 4. The lowest BCUT2D eigenvalue weighted by Gasteiger charge is -2.12. The van der Waals surface area contributed by atoms with Gasteiger partial charge in [-0.25, -0.2) is 4.39 Å². The number of nitrogens with one attached hydrogen (secondary N) is 1. The van der Waals surface area contributed by atoms with Crippen LogP contribution in [0.4, 0.5) is 10.2 Å². The normalized spacial score (nSPS) is 10.6. The fraction of sp³-hybridized carbons (Fsp3) is 0.273. The number of ether oxygens (including phenoxy) is 2. The van der Waals surface area contributed by atoms with Gasteiger partial charge < -0.3 is 14.8 Å². The number of aromatic nitrogens is 2. The van der Waals surface area contributed by atoms with Gasteiger partial charge in [0.15, 0.2) is 17.3 Å². The van der Waals surface area contributed by atoms with Gasteiger partial charge in [0.25, 0.3) is 5.91 Å². The average molecular weight is 397 g/mol. The van der Waals surface area contributed by atoms with Crippen molar-refractivity contribution in [3.8, 4) is 11.5 Å². The van der Waals surface area contributed by atoms with E-state index in [-0.39, 0.29) is 18.3 Å². The Labute approximate surface area is 169 Å². The maximum absolute atomic E-state index is 13.9. The molecular formula is C22H24FN3O3. The first-order valence-electron chi connectivity index (χ1n) is 9.50. The number of aryl methyl sites for hydroxylation is 1. The van der Waals surface area contributed by atoms with Gasteiger partial charge >= 0.3 is 0 Å². The molecule has 0 saturated heterocycles. The summed E-state index contributed by atoms with van der Waals surface area (Å²) in [5.41, 5.74) is 1.77. The van der Waals surface area contributed by atoms with Crippen LogP contribution in [-0.2, 0) is 6.54 Å². The van der Waals surface area contributed by atoms with Crippen molar-refractivity contribution in [2.24, 2.45) is 0 Å². The molecule has 7 heteroatoms. The Bertz CT molecular complexity index is 1000. The molecule has 1 heterocycles. The third-order valence-electron chi connectivity index (χ3n) is 4.31. The summed E-state index contributed by atoms with van der Waals surface area (Å²) in [5.74, 6) is 0.908. The summed E-state index contributed by atoms with van der Waals surface area (Å²) < 4.78 is 26.6. The minimum Gasteiger partial charge on any atom is -0.490 e. The summed E-state index contributed by atoms with van der Waals surface area (Å²) in [4.78, 5) is 12.7. The maximum Gasteiger partial charge on any atom is 0.257 e. The van der Waals surface area contributed by atoms with Crippen LogP contribution >= 0.6 is 0 Å². The molecule has 0 unspecified atom stereocenters. The molecule has 6 nitrogen and oxygen atoms in total. The zero-order valence-electron chi connectivity index (χ0n) is 16.7. The van der Waals surface area contributed by atoms with Crippen LogP contribution < -0.4 is 14.8 Å². The molecule has 0 saturated carbocycles. The Morgan fingerprint density at radius 3 is 2.52 bits per heavy atom. The summed E-state index contributed by atoms with van der Waals surface area (Å²) in [6.07, 6.45) is 0. The molecule has 0 atom stereocenters. The molecule has 0 spiro atoms. The number of carbonyl (C=O) groups is 1. The molecule has 1 amide bonds. The Kier molecular flexibility index (Phi) is 6.49. The fourth-order valence-electron chi connectivity index (χ4n) is 2.90. The molecule has 0 radical (unpaired) electrons. The van der Waals surface area contributed by atoms with E-state index in [0.717, 1.165) is 5.69 Å². The van der Waals surface area contributed by atoms with Gasteiger partial charge in [-0.05, 0) is 45.0 Å². The number of halogens is 1. The Hall–Kier alpha value is -3.35. The van der Waals surface area contributed by atoms with E-state index in [4.69, 9.17) is 9.47 Å². The molecule has 152 valence electrons. The van der Waals surface area contributed by atoms with E-state index in [1.807, 2.05) is 20.8 Å². The van der Waals surface area contributed by atoms with Crippen molar-refractivity contribution < 1.29 is 18.7 Å². The van der Waals surface area contributed by atoms with Crippen molar-refractivity contribution in [3.05, 3.63) is 71.2 Å². The highest BCUT2D eigenvalue weighted by atomic mass is 19.1. The van der Waals surface area contributed by atoms with E-state index >= 15 is 0 Å². The van der Waals surface area contributed by atoms with Crippen LogP contribution in [0.15, 0.2) is 48.5 Å². The van der Waals surface area contributed by atoms with Crippen LogP contribution in [0.2, 0.25) is 0 Å². The van der Waals surface area contributed by atoms with Gasteiger partial charge in [-0.3, -0.25) is 9.48 Å². The third-order valence-corrected chi connectivity index (χ3v) is 4.31. The Balaban J connectivity index is 1.76. The molecule has 0 aliphatic heterocycles. The van der Waals surface area contributed by atoms with E-state index in [0.29, 0.717) is 41.7 Å². The summed E-state index contributed by atoms with van der Waals surface area (Å²) in [6.45, 7) is 6.86. The number of anilines is 1. The number of carbonyl (C=O) groups excluding carboxylic acids is 1. The lowest BCUT2D eigenvalue weighted by molar-refractivity contribution is 0.102. The highest BCUT2D eigenvalue weighted by molar-refractivity contribution is 6.04. The number of rotatable bonds is 8. The first-order valence-corrected chi connectivity index (χ1v) is 9.50. The lowest BCUT2D eigenvalue weighted by atomic mass is 10.2. The van der Waals surface area contributed by atoms with Gasteiger partial charge in [0.2, 0.25) is 0 Å². The van der Waals surface area contributed by atoms with Crippen LogP contribution in [0.25, 0.3) is 0 Å². The van der Waals surface area contributed by atoms with Crippen molar-refractivity contribution in [1.82, 2.24) is 9.78 Å². The van der Waals surface area contributed by atoms with E-state index in [2.05, 4.69) is 10.4 Å². The highest BCUT2D eigenvalue weighted by Crippen LogP contribution is 2.29. The van der Waals surface area contributed by atoms with Crippen molar-refractivity contribution in [1.29, 1.82) is 0 Å². The molecule has 1 N–H and O–H groups in total. The van der Waals surface area contributed by atoms with Gasteiger partial charge in [0.1, 0.15) is 5.82 Å². The van der Waals surface area contributed by atoms with Crippen molar-refractivity contribution >= 4 is 11.7 Å². The minimum atomic E-state index is -0.315. The smallest absolute Gasteiger partial charge is 0.257 e. The number of hydrogen-bond donors (Lipinski definition) is 1. The Morgan fingerprint density at radius 1 is 1.07 bits per heavy atom. The quantitative estimate of drug-likeness (QED) is 0.611. The lowest BCUT2D eigenvalue weighted by Crippen LogP contribution is -2.13. The Morgan fingerprint density at radius 2 is 1.79 bits per heavy atom. The predicted molar refractivity (Wildman–Crippen MR) is 109 cm³/mol. The summed E-state index contributed by atoms with van der Waals surface area (Å²) >= 11 is 0. The molecule has 0 bridgehead atoms. The topological polar surface area (TPSA) is 65.4 Å². The predicted octanol–water partition coefficient (Wildman–Crippen LogP) is 4.43. The second-order valence-corrected chi connectivity index (χ2v) is 6.40. The van der Waals surface area contributed by atoms with Gasteiger partial charge in [-0.1, -0.05) is 18.2 Å². The van der Waals surface area contributed by atoms with E-state index < -0.39 is 0 Å². The standard InChI is InChI=1S/C22H24FN3O3/c1-4-28-19-11-10-16(13-20(19)29-5-2)22(27)24-21-12-15(3)26(25-21)14-17-8-6-7-9-18(17)23/h6-13H,4-5,14H2,1-3H3,(H,24,25,27). The van der Waals surface area contributed by atoms with E-state index in [1.54, 1.807) is 47.1 Å². The van der Waals surface area contributed by atoms with Crippen LogP contribution in [0.3, 0.4) is 0 Å². The second kappa shape index (κ2) is 9.23. The summed E-state index contributed by atoms with van der Waals surface area (Å²) in [5, 5.41) is 7.16. The van der Waals surface area contributed by atoms with Crippen LogP contribution in [0, 0.1) is 12.7 Å². The largest absolute Gasteiger partial charge is 0.490 e. The molecule has 1 aromatic heterocycles. The van der Waals surface area contributed by atoms with E-state index in [1.165, 1.54) is 6.07 Å². The zero-order valence-corrected chi connectivity index (χ0v) is 16.7. The molecule has 3 aromatic rings. The van der Waals surface area contributed by atoms with Crippen molar-refractivity contribution in [2.75, 3.05) is 18.5 Å². The van der Waals surface area contributed by atoms with Crippen LogP contribution in [0.1, 0.15) is 35.5 Å². The fourth-order valence-corrected chi connectivity index (χ4v) is 2.90. The first-order chi connectivity index (χ1) is 14.0. The first kappa shape index (κ1) is 20.4. The molecular weight excluding hydrogens is 373 g/mol. The molecule has 2 aromatic carbocycles. The maximum atomic E-state index is 13.9. The van der Waals surface area contributed by atoms with Gasteiger partial charge in [-0.2, -0.15) is 5.10 Å². The third kappa shape index (κ3) is 4.93. The van der Waals surface area contributed by atoms with E-state index in [9.17, 15) is 9.18 Å². The van der Waals surface area contributed by atoms with Crippen LogP contribution in [-0.4, -0.2) is 28.9 Å². The molecule has 29 heavy (non-hydrogen) atoms. The highest BCUT2D eigenvalue weighted by Gasteiger charge is 2.14. The molecule has 0 aliphatic rings. The number of nitrogens with zero attached hydrogens (tertiary/aromatic N) is 2. The van der Waals surface area contributed by atoms with Crippen molar-refractivity contribution in [2.45, 2.75) is 27.3 Å².